The maximum absolute atomic E-state index is 13.3. The molecule has 0 bridgehead atoms. The number of hydrogen-bond acceptors (Lipinski definition) is 5. The standard InChI is InChI=1S/C24H25N3O2S/c1-5-19(17-10-8-16(9-11-17)14(2)3)25-23(28)18-13-20(21-7-6-12-30-21)26-24-22(18)15(4)27-29-24/h6-14,19H,5H2,1-4H3,(H,25,28). The normalized spacial score (nSPS) is 12.4. The van der Waals surface area contributed by atoms with Gasteiger partial charge in [0.2, 0.25) is 0 Å². The average Bonchev–Trinajstić information content (AvgIpc) is 3.42. The van der Waals surface area contributed by atoms with Gasteiger partial charge in [-0.2, -0.15) is 0 Å². The number of aromatic nitrogens is 2. The minimum atomic E-state index is -0.147. The van der Waals surface area contributed by atoms with Crippen LogP contribution in [0, 0.1) is 6.92 Å². The zero-order valence-corrected chi connectivity index (χ0v) is 18.4. The number of thiophene rings is 1. The number of nitrogens with zero attached hydrogens (tertiary/aromatic N) is 2. The van der Waals surface area contributed by atoms with Crippen LogP contribution in [0.3, 0.4) is 0 Å². The molecule has 4 aromatic rings. The molecule has 0 fully saturated rings. The van der Waals surface area contributed by atoms with Crippen molar-refractivity contribution in [3.05, 3.63) is 70.2 Å². The number of aryl methyl sites for hydroxylation is 1. The van der Waals surface area contributed by atoms with Gasteiger partial charge in [0.25, 0.3) is 11.6 Å². The van der Waals surface area contributed by atoms with Gasteiger partial charge in [-0.25, -0.2) is 4.98 Å². The lowest BCUT2D eigenvalue weighted by Gasteiger charge is -2.19. The number of benzene rings is 1. The maximum Gasteiger partial charge on any atom is 0.259 e. The van der Waals surface area contributed by atoms with E-state index in [1.807, 2.05) is 30.5 Å². The summed E-state index contributed by atoms with van der Waals surface area (Å²) >= 11 is 1.57. The Morgan fingerprint density at radius 3 is 2.53 bits per heavy atom. The molecule has 0 aliphatic heterocycles. The van der Waals surface area contributed by atoms with E-state index in [4.69, 9.17) is 4.52 Å². The first-order valence-electron chi connectivity index (χ1n) is 10.2. The predicted molar refractivity (Wildman–Crippen MR) is 121 cm³/mol. The first-order valence-corrected chi connectivity index (χ1v) is 11.1. The number of fused-ring (bicyclic) bond motifs is 1. The highest BCUT2D eigenvalue weighted by Crippen LogP contribution is 2.30. The molecular formula is C24H25N3O2S. The Morgan fingerprint density at radius 2 is 1.90 bits per heavy atom. The highest BCUT2D eigenvalue weighted by molar-refractivity contribution is 7.13. The van der Waals surface area contributed by atoms with Gasteiger partial charge in [0.1, 0.15) is 0 Å². The summed E-state index contributed by atoms with van der Waals surface area (Å²) in [4.78, 5) is 18.9. The third kappa shape index (κ3) is 3.87. The minimum absolute atomic E-state index is 0.0766. The van der Waals surface area contributed by atoms with Crippen LogP contribution in [0.2, 0.25) is 0 Å². The van der Waals surface area contributed by atoms with Crippen molar-refractivity contribution in [3.63, 3.8) is 0 Å². The summed E-state index contributed by atoms with van der Waals surface area (Å²) in [5.41, 5.74) is 4.69. The third-order valence-corrected chi connectivity index (χ3v) is 6.25. The van der Waals surface area contributed by atoms with Crippen molar-refractivity contribution in [2.45, 2.75) is 46.1 Å². The second-order valence-corrected chi connectivity index (χ2v) is 8.68. The topological polar surface area (TPSA) is 68.0 Å². The summed E-state index contributed by atoms with van der Waals surface area (Å²) in [7, 11) is 0. The molecular weight excluding hydrogens is 394 g/mol. The smallest absolute Gasteiger partial charge is 0.259 e. The molecule has 0 aliphatic carbocycles. The molecule has 5 nitrogen and oxygen atoms in total. The molecule has 3 aromatic heterocycles. The van der Waals surface area contributed by atoms with E-state index in [-0.39, 0.29) is 11.9 Å². The first kappa shape index (κ1) is 20.3. The molecule has 154 valence electrons. The largest absolute Gasteiger partial charge is 0.345 e. The molecule has 0 radical (unpaired) electrons. The Balaban J connectivity index is 1.68. The fraction of sp³-hybridized carbons (Fsp3) is 0.292. The Hall–Kier alpha value is -2.99. The van der Waals surface area contributed by atoms with Crippen molar-refractivity contribution in [1.82, 2.24) is 15.5 Å². The summed E-state index contributed by atoms with van der Waals surface area (Å²) in [6.45, 7) is 8.26. The van der Waals surface area contributed by atoms with Crippen molar-refractivity contribution < 1.29 is 9.32 Å². The van der Waals surface area contributed by atoms with Crippen LogP contribution in [-0.2, 0) is 0 Å². The van der Waals surface area contributed by atoms with E-state index < -0.39 is 0 Å². The molecule has 6 heteroatoms. The van der Waals surface area contributed by atoms with Gasteiger partial charge in [0.15, 0.2) is 0 Å². The Kier molecular flexibility index (Phi) is 5.68. The third-order valence-electron chi connectivity index (χ3n) is 5.35. The molecule has 0 spiro atoms. The summed E-state index contributed by atoms with van der Waals surface area (Å²) in [5, 5.41) is 9.88. The second kappa shape index (κ2) is 8.40. The average molecular weight is 420 g/mol. The van der Waals surface area contributed by atoms with Crippen molar-refractivity contribution in [2.75, 3.05) is 0 Å². The Morgan fingerprint density at radius 1 is 1.17 bits per heavy atom. The van der Waals surface area contributed by atoms with Crippen LogP contribution < -0.4 is 5.32 Å². The predicted octanol–water partition coefficient (Wildman–Crippen LogP) is 6.26. The fourth-order valence-corrected chi connectivity index (χ4v) is 4.28. The van der Waals surface area contributed by atoms with Gasteiger partial charge in [-0.3, -0.25) is 4.79 Å². The lowest BCUT2D eigenvalue weighted by molar-refractivity contribution is 0.0937. The molecule has 0 saturated carbocycles. The van der Waals surface area contributed by atoms with E-state index in [0.29, 0.717) is 34.0 Å². The van der Waals surface area contributed by atoms with Gasteiger partial charge in [0, 0.05) is 0 Å². The minimum Gasteiger partial charge on any atom is -0.345 e. The van der Waals surface area contributed by atoms with Crippen LogP contribution in [0.4, 0.5) is 0 Å². The lowest BCUT2D eigenvalue weighted by atomic mass is 9.97. The lowest BCUT2D eigenvalue weighted by Crippen LogP contribution is -2.28. The molecule has 4 rings (SSSR count). The maximum atomic E-state index is 13.3. The summed E-state index contributed by atoms with van der Waals surface area (Å²) < 4.78 is 5.39. The molecule has 1 aromatic carbocycles. The van der Waals surface area contributed by atoms with Crippen molar-refractivity contribution >= 4 is 28.3 Å². The van der Waals surface area contributed by atoms with E-state index >= 15 is 0 Å². The summed E-state index contributed by atoms with van der Waals surface area (Å²) in [5.74, 6) is 0.331. The van der Waals surface area contributed by atoms with Crippen molar-refractivity contribution in [2.24, 2.45) is 0 Å². The fourth-order valence-electron chi connectivity index (χ4n) is 3.59. The number of carbonyl (C=O) groups is 1. The van der Waals surface area contributed by atoms with E-state index in [1.165, 1.54) is 5.56 Å². The van der Waals surface area contributed by atoms with Crippen LogP contribution in [0.1, 0.15) is 66.3 Å². The summed E-state index contributed by atoms with van der Waals surface area (Å²) in [6.07, 6.45) is 0.793. The molecule has 0 saturated heterocycles. The highest BCUT2D eigenvalue weighted by Gasteiger charge is 2.22. The second-order valence-electron chi connectivity index (χ2n) is 7.74. The number of rotatable bonds is 6. The van der Waals surface area contributed by atoms with Crippen LogP contribution >= 0.6 is 11.3 Å². The van der Waals surface area contributed by atoms with Crippen molar-refractivity contribution in [3.8, 4) is 10.6 Å². The SMILES string of the molecule is CCC(NC(=O)c1cc(-c2cccs2)nc2onc(C)c12)c1ccc(C(C)C)cc1. The molecule has 1 N–H and O–H groups in total. The quantitative estimate of drug-likeness (QED) is 0.400. The first-order chi connectivity index (χ1) is 14.5. The molecule has 0 aliphatic rings. The van der Waals surface area contributed by atoms with Gasteiger partial charge in [-0.05, 0) is 47.9 Å². The van der Waals surface area contributed by atoms with E-state index in [1.54, 1.807) is 11.3 Å². The molecule has 3 heterocycles. The molecule has 1 unspecified atom stereocenters. The van der Waals surface area contributed by atoms with E-state index in [9.17, 15) is 4.79 Å². The molecule has 1 atom stereocenters. The number of amides is 1. The molecule has 1 amide bonds. The zero-order chi connectivity index (χ0) is 21.3. The number of nitrogens with one attached hydrogen (secondary N) is 1. The molecule has 30 heavy (non-hydrogen) atoms. The van der Waals surface area contributed by atoms with Crippen LogP contribution in [0.5, 0.6) is 0 Å². The number of hydrogen-bond donors (Lipinski definition) is 1. The van der Waals surface area contributed by atoms with Crippen LogP contribution in [0.15, 0.2) is 52.4 Å². The highest BCUT2D eigenvalue weighted by atomic mass is 32.1. The monoisotopic (exact) mass is 419 g/mol. The van der Waals surface area contributed by atoms with Gasteiger partial charge < -0.3 is 9.84 Å². The van der Waals surface area contributed by atoms with E-state index in [0.717, 1.165) is 16.9 Å². The van der Waals surface area contributed by atoms with Gasteiger partial charge in [-0.1, -0.05) is 56.3 Å². The van der Waals surface area contributed by atoms with Gasteiger partial charge in [0.05, 0.1) is 33.3 Å². The van der Waals surface area contributed by atoms with E-state index in [2.05, 4.69) is 60.5 Å². The number of pyridine rings is 1. The summed E-state index contributed by atoms with van der Waals surface area (Å²) in [6, 6.07) is 14.2. The number of carbonyl (C=O) groups excluding carboxylic acids is 1. The van der Waals surface area contributed by atoms with Crippen molar-refractivity contribution in [1.29, 1.82) is 0 Å². The zero-order valence-electron chi connectivity index (χ0n) is 17.6. The Bertz CT molecular complexity index is 1160. The van der Waals surface area contributed by atoms with Crippen LogP contribution in [-0.4, -0.2) is 16.0 Å². The van der Waals surface area contributed by atoms with Gasteiger partial charge in [-0.15, -0.1) is 11.3 Å². The van der Waals surface area contributed by atoms with Crippen LogP contribution in [0.25, 0.3) is 21.7 Å². The van der Waals surface area contributed by atoms with Gasteiger partial charge >= 0.3 is 0 Å². The Labute approximate surface area is 180 Å².